The molecule has 102 valence electrons. The highest BCUT2D eigenvalue weighted by molar-refractivity contribution is 6.30. The molecule has 0 bridgehead atoms. The molecule has 1 aromatic carbocycles. The number of nitrogens with zero attached hydrogens (tertiary/aromatic N) is 3. The maximum Gasteiger partial charge on any atom is 0.0964 e. The van der Waals surface area contributed by atoms with Crippen LogP contribution in [0.5, 0.6) is 0 Å². The SMILES string of the molecule is OCCCn1cc(CNCc2ccc(Cl)cc2)nn1. The highest BCUT2D eigenvalue weighted by Gasteiger charge is 2.00. The van der Waals surface area contributed by atoms with Crippen LogP contribution in [0.15, 0.2) is 30.5 Å². The number of aliphatic hydroxyl groups excluding tert-OH is 1. The molecule has 0 unspecified atom stereocenters. The Bertz CT molecular complexity index is 498. The van der Waals surface area contributed by atoms with E-state index in [0.717, 1.165) is 17.3 Å². The van der Waals surface area contributed by atoms with E-state index < -0.39 is 0 Å². The van der Waals surface area contributed by atoms with Gasteiger partial charge in [0.1, 0.15) is 0 Å². The fourth-order valence-corrected chi connectivity index (χ4v) is 1.82. The van der Waals surface area contributed by atoms with Crippen molar-refractivity contribution in [3.8, 4) is 0 Å². The Morgan fingerprint density at radius 1 is 1.21 bits per heavy atom. The molecule has 0 saturated carbocycles. The Kier molecular flexibility index (Phi) is 5.32. The van der Waals surface area contributed by atoms with Gasteiger partial charge in [-0.25, -0.2) is 0 Å². The third kappa shape index (κ3) is 4.63. The summed E-state index contributed by atoms with van der Waals surface area (Å²) in [5, 5.41) is 20.8. The van der Waals surface area contributed by atoms with E-state index >= 15 is 0 Å². The fourth-order valence-electron chi connectivity index (χ4n) is 1.70. The van der Waals surface area contributed by atoms with Crippen molar-refractivity contribution in [1.82, 2.24) is 20.3 Å². The molecule has 0 radical (unpaired) electrons. The van der Waals surface area contributed by atoms with Crippen molar-refractivity contribution in [2.24, 2.45) is 0 Å². The third-order valence-electron chi connectivity index (χ3n) is 2.68. The zero-order chi connectivity index (χ0) is 13.5. The second-order valence-corrected chi connectivity index (χ2v) is 4.72. The van der Waals surface area contributed by atoms with Crippen molar-refractivity contribution >= 4 is 11.6 Å². The number of nitrogens with one attached hydrogen (secondary N) is 1. The van der Waals surface area contributed by atoms with E-state index in [1.54, 1.807) is 4.68 Å². The topological polar surface area (TPSA) is 63.0 Å². The van der Waals surface area contributed by atoms with Crippen molar-refractivity contribution in [3.05, 3.63) is 46.7 Å². The molecule has 0 aliphatic carbocycles. The van der Waals surface area contributed by atoms with Gasteiger partial charge in [0.05, 0.1) is 5.69 Å². The van der Waals surface area contributed by atoms with Crippen molar-refractivity contribution in [2.45, 2.75) is 26.1 Å². The first-order chi connectivity index (χ1) is 9.28. The van der Waals surface area contributed by atoms with Crippen molar-refractivity contribution in [2.75, 3.05) is 6.61 Å². The summed E-state index contributed by atoms with van der Waals surface area (Å²) in [5.41, 5.74) is 2.07. The van der Waals surface area contributed by atoms with E-state index in [4.69, 9.17) is 16.7 Å². The third-order valence-corrected chi connectivity index (χ3v) is 2.93. The molecule has 2 rings (SSSR count). The summed E-state index contributed by atoms with van der Waals surface area (Å²) in [5.74, 6) is 0. The second-order valence-electron chi connectivity index (χ2n) is 4.28. The molecule has 2 aromatic rings. The predicted molar refractivity (Wildman–Crippen MR) is 73.7 cm³/mol. The lowest BCUT2D eigenvalue weighted by Gasteiger charge is -2.02. The minimum absolute atomic E-state index is 0.171. The van der Waals surface area contributed by atoms with Crippen LogP contribution < -0.4 is 5.32 Å². The van der Waals surface area contributed by atoms with Gasteiger partial charge in [-0.15, -0.1) is 5.10 Å². The van der Waals surface area contributed by atoms with Gasteiger partial charge < -0.3 is 10.4 Å². The molecule has 5 nitrogen and oxygen atoms in total. The maximum atomic E-state index is 8.74. The molecule has 0 aliphatic rings. The highest BCUT2D eigenvalue weighted by Crippen LogP contribution is 2.09. The molecule has 1 aromatic heterocycles. The minimum Gasteiger partial charge on any atom is -0.396 e. The summed E-state index contributed by atoms with van der Waals surface area (Å²) in [7, 11) is 0. The molecule has 6 heteroatoms. The molecule has 2 N–H and O–H groups in total. The molecule has 19 heavy (non-hydrogen) atoms. The molecule has 0 aliphatic heterocycles. The van der Waals surface area contributed by atoms with Crippen molar-refractivity contribution < 1.29 is 5.11 Å². The number of aliphatic hydroxyl groups is 1. The lowest BCUT2D eigenvalue weighted by atomic mass is 10.2. The molecule has 0 saturated heterocycles. The number of hydrogen-bond donors (Lipinski definition) is 2. The number of hydrogen-bond acceptors (Lipinski definition) is 4. The number of aryl methyl sites for hydroxylation is 1. The van der Waals surface area contributed by atoms with Crippen LogP contribution >= 0.6 is 11.6 Å². The van der Waals surface area contributed by atoms with E-state index in [2.05, 4.69) is 15.6 Å². The summed E-state index contributed by atoms with van der Waals surface area (Å²) in [6, 6.07) is 7.74. The van der Waals surface area contributed by atoms with Crippen LogP contribution in [0.25, 0.3) is 0 Å². The Morgan fingerprint density at radius 2 is 2.00 bits per heavy atom. The summed E-state index contributed by atoms with van der Waals surface area (Å²) in [6.45, 7) is 2.30. The number of benzene rings is 1. The average Bonchev–Trinajstić information content (AvgIpc) is 2.87. The van der Waals surface area contributed by atoms with Crippen LogP contribution in [-0.4, -0.2) is 26.7 Å². The lowest BCUT2D eigenvalue weighted by molar-refractivity contribution is 0.276. The summed E-state index contributed by atoms with van der Waals surface area (Å²) < 4.78 is 1.75. The highest BCUT2D eigenvalue weighted by atomic mass is 35.5. The molecular weight excluding hydrogens is 264 g/mol. The van der Waals surface area contributed by atoms with Crippen LogP contribution in [0.4, 0.5) is 0 Å². The fraction of sp³-hybridized carbons (Fsp3) is 0.385. The van der Waals surface area contributed by atoms with Gasteiger partial charge in [0.25, 0.3) is 0 Å². The van der Waals surface area contributed by atoms with Crippen LogP contribution in [0.2, 0.25) is 5.02 Å². The first-order valence-electron chi connectivity index (χ1n) is 6.23. The minimum atomic E-state index is 0.171. The van der Waals surface area contributed by atoms with E-state index in [1.165, 1.54) is 5.56 Å². The van der Waals surface area contributed by atoms with Crippen molar-refractivity contribution in [1.29, 1.82) is 0 Å². The first kappa shape index (κ1) is 14.0. The number of rotatable bonds is 7. The molecule has 0 amide bonds. The van der Waals surface area contributed by atoms with Gasteiger partial charge in [-0.05, 0) is 24.1 Å². The largest absolute Gasteiger partial charge is 0.396 e. The zero-order valence-corrected chi connectivity index (χ0v) is 11.3. The van der Waals surface area contributed by atoms with Crippen LogP contribution in [0.1, 0.15) is 17.7 Å². The number of halogens is 1. The maximum absolute atomic E-state index is 8.74. The molecule has 1 heterocycles. The van der Waals surface area contributed by atoms with Crippen LogP contribution in [-0.2, 0) is 19.6 Å². The Labute approximate surface area is 117 Å². The van der Waals surface area contributed by atoms with Crippen LogP contribution in [0, 0.1) is 0 Å². The summed E-state index contributed by atoms with van der Waals surface area (Å²) >= 11 is 5.83. The Balaban J connectivity index is 1.76. The quantitative estimate of drug-likeness (QED) is 0.809. The van der Waals surface area contributed by atoms with Gasteiger partial charge in [0.2, 0.25) is 0 Å². The van der Waals surface area contributed by atoms with Gasteiger partial charge >= 0.3 is 0 Å². The van der Waals surface area contributed by atoms with Crippen molar-refractivity contribution in [3.63, 3.8) is 0 Å². The zero-order valence-electron chi connectivity index (χ0n) is 10.6. The standard InChI is InChI=1S/C13H17ClN4O/c14-12-4-2-11(3-5-12)8-15-9-13-10-18(17-16-13)6-1-7-19/h2-5,10,15,19H,1,6-9H2. The summed E-state index contributed by atoms with van der Waals surface area (Å²) in [4.78, 5) is 0. The lowest BCUT2D eigenvalue weighted by Crippen LogP contribution is -2.12. The first-order valence-corrected chi connectivity index (χ1v) is 6.61. The summed E-state index contributed by atoms with van der Waals surface area (Å²) in [6.07, 6.45) is 2.59. The van der Waals surface area contributed by atoms with E-state index in [1.807, 2.05) is 30.5 Å². The molecule has 0 atom stereocenters. The monoisotopic (exact) mass is 280 g/mol. The number of aromatic nitrogens is 3. The van der Waals surface area contributed by atoms with E-state index in [0.29, 0.717) is 19.5 Å². The molecule has 0 spiro atoms. The van der Waals surface area contributed by atoms with Gasteiger partial charge in [-0.3, -0.25) is 4.68 Å². The molecule has 0 fully saturated rings. The van der Waals surface area contributed by atoms with Crippen LogP contribution in [0.3, 0.4) is 0 Å². The predicted octanol–water partition coefficient (Wildman–Crippen LogP) is 1.60. The van der Waals surface area contributed by atoms with E-state index in [-0.39, 0.29) is 6.61 Å². The van der Waals surface area contributed by atoms with Gasteiger partial charge in [0.15, 0.2) is 0 Å². The average molecular weight is 281 g/mol. The molecular formula is C13H17ClN4O. The smallest absolute Gasteiger partial charge is 0.0964 e. The normalized spacial score (nSPS) is 10.8. The van der Waals surface area contributed by atoms with Gasteiger partial charge in [-0.1, -0.05) is 28.9 Å². The Hall–Kier alpha value is -1.43. The van der Waals surface area contributed by atoms with E-state index in [9.17, 15) is 0 Å². The second kappa shape index (κ2) is 7.23. The van der Waals surface area contributed by atoms with Gasteiger partial charge in [-0.2, -0.15) is 0 Å². The Morgan fingerprint density at radius 3 is 2.74 bits per heavy atom. The van der Waals surface area contributed by atoms with Gasteiger partial charge in [0, 0.05) is 37.5 Å².